The van der Waals surface area contributed by atoms with Crippen molar-refractivity contribution in [1.82, 2.24) is 24.6 Å². The molecule has 31 heavy (non-hydrogen) atoms. The Balaban J connectivity index is 0.977. The first kappa shape index (κ1) is 19.7. The largest absolute Gasteiger partial charge is 0.303 e. The van der Waals surface area contributed by atoms with E-state index in [1.807, 2.05) is 37.2 Å². The van der Waals surface area contributed by atoms with Gasteiger partial charge in [-0.2, -0.15) is 5.10 Å². The minimum absolute atomic E-state index is 0.658. The van der Waals surface area contributed by atoms with Crippen LogP contribution in [0.2, 0.25) is 0 Å². The molecule has 1 spiro atoms. The summed E-state index contributed by atoms with van der Waals surface area (Å²) < 4.78 is 1.84. The fourth-order valence-corrected chi connectivity index (χ4v) is 6.87. The number of aromatic nitrogens is 4. The number of fused-ring (bicyclic) bond motifs is 2. The lowest BCUT2D eigenvalue weighted by molar-refractivity contribution is 0.135. The summed E-state index contributed by atoms with van der Waals surface area (Å²) in [5, 5.41) is 4.41. The van der Waals surface area contributed by atoms with Crippen molar-refractivity contribution in [2.75, 3.05) is 19.6 Å². The quantitative estimate of drug-likeness (QED) is 0.652. The molecule has 5 heteroatoms. The normalized spacial score (nSPS) is 31.0. The highest BCUT2D eigenvalue weighted by Crippen LogP contribution is 2.61. The van der Waals surface area contributed by atoms with E-state index in [4.69, 9.17) is 4.98 Å². The lowest BCUT2D eigenvalue weighted by atomic mass is 9.87. The molecule has 2 aromatic rings. The topological polar surface area (TPSA) is 46.8 Å². The Kier molecular flexibility index (Phi) is 4.78. The molecule has 4 atom stereocenters. The first-order valence-corrected chi connectivity index (χ1v) is 12.3. The Bertz CT molecular complexity index is 966. The van der Waals surface area contributed by atoms with Gasteiger partial charge in [-0.1, -0.05) is 12.2 Å². The average molecular weight is 418 g/mol. The second-order valence-corrected chi connectivity index (χ2v) is 10.8. The standard InChI is InChI=1S/C26H35N5/c1-18-24(17-30(2)29-18)25-15-27-23(14-28-25)6-5-22-13-26(22)7-9-31(10-8-26)16-21-12-19-3-4-20(21)11-19/h3-4,14-15,17,19-22H,5-13,16H2,1-2H3. The van der Waals surface area contributed by atoms with Gasteiger partial charge in [0.2, 0.25) is 0 Å². The number of nitrogens with zero attached hydrogens (tertiary/aromatic N) is 5. The van der Waals surface area contributed by atoms with E-state index in [0.717, 1.165) is 52.7 Å². The van der Waals surface area contributed by atoms with Crippen molar-refractivity contribution in [2.24, 2.45) is 36.1 Å². The molecular formula is C26H35N5. The zero-order valence-electron chi connectivity index (χ0n) is 19.0. The molecule has 5 nitrogen and oxygen atoms in total. The zero-order valence-corrected chi connectivity index (χ0v) is 19.0. The minimum Gasteiger partial charge on any atom is -0.303 e. The number of hydrogen-bond acceptors (Lipinski definition) is 4. The zero-order chi connectivity index (χ0) is 21.0. The van der Waals surface area contributed by atoms with Gasteiger partial charge in [0.05, 0.1) is 23.3 Å². The number of rotatable bonds is 6. The summed E-state index contributed by atoms with van der Waals surface area (Å²) in [5.41, 5.74) is 4.80. The highest BCUT2D eigenvalue weighted by atomic mass is 15.2. The highest BCUT2D eigenvalue weighted by molar-refractivity contribution is 5.59. The third kappa shape index (κ3) is 3.75. The van der Waals surface area contributed by atoms with E-state index < -0.39 is 0 Å². The van der Waals surface area contributed by atoms with Crippen LogP contribution < -0.4 is 0 Å². The van der Waals surface area contributed by atoms with Gasteiger partial charge < -0.3 is 4.90 Å². The molecule has 4 unspecified atom stereocenters. The molecule has 2 bridgehead atoms. The molecule has 4 aliphatic rings. The van der Waals surface area contributed by atoms with Crippen molar-refractivity contribution < 1.29 is 0 Å². The van der Waals surface area contributed by atoms with Gasteiger partial charge in [0.15, 0.2) is 0 Å². The predicted molar refractivity (Wildman–Crippen MR) is 122 cm³/mol. The van der Waals surface area contributed by atoms with Crippen LogP contribution >= 0.6 is 0 Å². The lowest BCUT2D eigenvalue weighted by Crippen LogP contribution is -2.39. The van der Waals surface area contributed by atoms with E-state index in [-0.39, 0.29) is 0 Å². The fourth-order valence-electron chi connectivity index (χ4n) is 6.87. The third-order valence-electron chi connectivity index (χ3n) is 8.86. The van der Waals surface area contributed by atoms with Gasteiger partial charge in [0.25, 0.3) is 0 Å². The van der Waals surface area contributed by atoms with Crippen LogP contribution in [0.15, 0.2) is 30.7 Å². The van der Waals surface area contributed by atoms with Crippen LogP contribution in [0.1, 0.15) is 49.9 Å². The van der Waals surface area contributed by atoms with Crippen molar-refractivity contribution >= 4 is 0 Å². The van der Waals surface area contributed by atoms with Crippen LogP contribution in [0.25, 0.3) is 11.3 Å². The van der Waals surface area contributed by atoms with Gasteiger partial charge in [0, 0.05) is 31.5 Å². The van der Waals surface area contributed by atoms with Crippen LogP contribution in [-0.4, -0.2) is 44.3 Å². The summed E-state index contributed by atoms with van der Waals surface area (Å²) in [7, 11) is 1.95. The van der Waals surface area contributed by atoms with Gasteiger partial charge in [0.1, 0.15) is 0 Å². The van der Waals surface area contributed by atoms with Crippen LogP contribution in [0.3, 0.4) is 0 Å². The SMILES string of the molecule is Cc1nn(C)cc1-c1cnc(CCC2CC23CCN(CC2CC4C=CC2C4)CC3)cn1. The van der Waals surface area contributed by atoms with Gasteiger partial charge in [-0.05, 0) is 94.0 Å². The summed E-state index contributed by atoms with van der Waals surface area (Å²) in [6, 6.07) is 0. The molecule has 0 N–H and O–H groups in total. The maximum Gasteiger partial charge on any atom is 0.0919 e. The first-order valence-electron chi connectivity index (χ1n) is 12.3. The van der Waals surface area contributed by atoms with Crippen molar-refractivity contribution in [3.8, 4) is 11.3 Å². The molecule has 0 radical (unpaired) electrons. The van der Waals surface area contributed by atoms with Crippen LogP contribution in [0, 0.1) is 36.0 Å². The molecule has 2 saturated carbocycles. The van der Waals surface area contributed by atoms with E-state index in [1.165, 1.54) is 58.2 Å². The van der Waals surface area contributed by atoms with E-state index in [0.29, 0.717) is 5.41 Å². The second kappa shape index (κ2) is 7.54. The molecule has 1 saturated heterocycles. The second-order valence-electron chi connectivity index (χ2n) is 10.8. The molecule has 164 valence electrons. The molecule has 1 aliphatic heterocycles. The highest BCUT2D eigenvalue weighted by Gasteiger charge is 2.54. The van der Waals surface area contributed by atoms with Crippen LogP contribution in [0.5, 0.6) is 0 Å². The van der Waals surface area contributed by atoms with Crippen molar-refractivity contribution in [3.05, 3.63) is 42.1 Å². The number of hydrogen-bond donors (Lipinski definition) is 0. The smallest absolute Gasteiger partial charge is 0.0919 e. The van der Waals surface area contributed by atoms with Crippen molar-refractivity contribution in [1.29, 1.82) is 0 Å². The molecule has 6 rings (SSSR count). The molecule has 3 fully saturated rings. The van der Waals surface area contributed by atoms with Gasteiger partial charge in [-0.15, -0.1) is 0 Å². The lowest BCUT2D eigenvalue weighted by Gasteiger charge is -2.35. The molecule has 3 heterocycles. The Morgan fingerprint density at radius 2 is 1.97 bits per heavy atom. The Labute approximate surface area is 186 Å². The Hall–Kier alpha value is -2.01. The number of piperidine rings is 1. The number of aryl methyl sites for hydroxylation is 3. The van der Waals surface area contributed by atoms with Crippen LogP contribution in [-0.2, 0) is 13.5 Å². The van der Waals surface area contributed by atoms with Gasteiger partial charge in [-0.3, -0.25) is 14.6 Å². The minimum atomic E-state index is 0.658. The van der Waals surface area contributed by atoms with Crippen LogP contribution in [0.4, 0.5) is 0 Å². The monoisotopic (exact) mass is 417 g/mol. The van der Waals surface area contributed by atoms with Gasteiger partial charge >= 0.3 is 0 Å². The summed E-state index contributed by atoms with van der Waals surface area (Å²) in [5.74, 6) is 3.65. The van der Waals surface area contributed by atoms with Gasteiger partial charge in [-0.25, -0.2) is 0 Å². The van der Waals surface area contributed by atoms with E-state index in [2.05, 4.69) is 27.1 Å². The van der Waals surface area contributed by atoms with Crippen molar-refractivity contribution in [2.45, 2.75) is 51.9 Å². The molecule has 0 amide bonds. The summed E-state index contributed by atoms with van der Waals surface area (Å²) >= 11 is 0. The molecular weight excluding hydrogens is 382 g/mol. The predicted octanol–water partition coefficient (Wildman–Crippen LogP) is 4.43. The number of allylic oxidation sites excluding steroid dienone is 2. The fraction of sp³-hybridized carbons (Fsp3) is 0.654. The average Bonchev–Trinajstić information content (AvgIpc) is 3.11. The van der Waals surface area contributed by atoms with E-state index >= 15 is 0 Å². The maximum atomic E-state index is 4.71. The summed E-state index contributed by atoms with van der Waals surface area (Å²) in [4.78, 5) is 12.2. The van der Waals surface area contributed by atoms with E-state index in [1.54, 1.807) is 0 Å². The summed E-state index contributed by atoms with van der Waals surface area (Å²) in [6.07, 6.45) is 20.4. The Morgan fingerprint density at radius 3 is 2.61 bits per heavy atom. The maximum absolute atomic E-state index is 4.71. The number of likely N-dealkylation sites (tertiary alicyclic amines) is 1. The Morgan fingerprint density at radius 1 is 1.10 bits per heavy atom. The van der Waals surface area contributed by atoms with E-state index in [9.17, 15) is 0 Å². The molecule has 0 aromatic carbocycles. The third-order valence-corrected chi connectivity index (χ3v) is 8.86. The first-order chi connectivity index (χ1) is 15.1. The molecule has 2 aromatic heterocycles. The van der Waals surface area contributed by atoms with Crippen molar-refractivity contribution in [3.63, 3.8) is 0 Å². The summed E-state index contributed by atoms with van der Waals surface area (Å²) in [6.45, 7) is 6.03. The molecule has 3 aliphatic carbocycles.